The molecule has 2 amide bonds. The summed E-state index contributed by atoms with van der Waals surface area (Å²) in [5.41, 5.74) is 0.475. The summed E-state index contributed by atoms with van der Waals surface area (Å²) in [5.74, 6) is 0.346. The summed E-state index contributed by atoms with van der Waals surface area (Å²) in [7, 11) is 0. The van der Waals surface area contributed by atoms with Gasteiger partial charge < -0.3 is 19.7 Å². The number of likely N-dealkylation sites (tertiary alicyclic amines) is 1. The van der Waals surface area contributed by atoms with E-state index in [-0.39, 0.29) is 5.91 Å². The van der Waals surface area contributed by atoms with Crippen LogP contribution in [0.2, 0.25) is 0 Å². The van der Waals surface area contributed by atoms with E-state index < -0.39 is 23.9 Å². The van der Waals surface area contributed by atoms with Crippen LogP contribution in [0, 0.1) is 0 Å². The molecule has 35 heavy (non-hydrogen) atoms. The van der Waals surface area contributed by atoms with Crippen molar-refractivity contribution in [3.05, 3.63) is 90.5 Å². The number of ether oxygens (including phenoxy) is 2. The zero-order valence-electron chi connectivity index (χ0n) is 19.6. The predicted octanol–water partition coefficient (Wildman–Crippen LogP) is 4.54. The summed E-state index contributed by atoms with van der Waals surface area (Å²) >= 11 is 0. The number of rotatable bonds is 7. The Morgan fingerprint density at radius 1 is 0.857 bits per heavy atom. The van der Waals surface area contributed by atoms with Gasteiger partial charge in [-0.25, -0.2) is 0 Å². The molecule has 1 saturated heterocycles. The molecule has 0 aliphatic carbocycles. The molecule has 180 valence electrons. The SMILES string of the molecule is CC(=O)N1CCC(C(=O)OCC(=O)Nc2cccc(Oc3ccccc3)c2)(c2ccccc2)CC1. The maximum atomic E-state index is 13.3. The molecule has 7 heteroatoms. The molecule has 0 saturated carbocycles. The van der Waals surface area contributed by atoms with Crippen LogP contribution in [-0.2, 0) is 24.5 Å². The monoisotopic (exact) mass is 472 g/mol. The lowest BCUT2D eigenvalue weighted by Gasteiger charge is -2.40. The van der Waals surface area contributed by atoms with Crippen molar-refractivity contribution in [2.45, 2.75) is 25.2 Å². The number of piperidine rings is 1. The summed E-state index contributed by atoms with van der Waals surface area (Å²) < 4.78 is 11.3. The molecule has 1 heterocycles. The van der Waals surface area contributed by atoms with E-state index in [1.165, 1.54) is 6.92 Å². The molecule has 7 nitrogen and oxygen atoms in total. The van der Waals surface area contributed by atoms with Crippen LogP contribution in [0.5, 0.6) is 11.5 Å². The Morgan fingerprint density at radius 3 is 2.14 bits per heavy atom. The molecule has 0 unspecified atom stereocenters. The first-order valence-corrected chi connectivity index (χ1v) is 11.6. The normalized spacial score (nSPS) is 14.6. The second kappa shape index (κ2) is 10.9. The Labute approximate surface area is 204 Å². The van der Waals surface area contributed by atoms with Crippen LogP contribution in [0.4, 0.5) is 5.69 Å². The highest BCUT2D eigenvalue weighted by atomic mass is 16.5. The quantitative estimate of drug-likeness (QED) is 0.511. The van der Waals surface area contributed by atoms with Gasteiger partial charge in [-0.3, -0.25) is 14.4 Å². The van der Waals surface area contributed by atoms with Crippen molar-refractivity contribution in [1.29, 1.82) is 0 Å². The fourth-order valence-electron chi connectivity index (χ4n) is 4.30. The van der Waals surface area contributed by atoms with Crippen LogP contribution in [-0.4, -0.2) is 42.4 Å². The molecule has 1 N–H and O–H groups in total. The van der Waals surface area contributed by atoms with Crippen LogP contribution < -0.4 is 10.1 Å². The summed E-state index contributed by atoms with van der Waals surface area (Å²) in [5, 5.41) is 2.75. The summed E-state index contributed by atoms with van der Waals surface area (Å²) in [4.78, 5) is 39.4. The summed E-state index contributed by atoms with van der Waals surface area (Å²) in [6, 6.07) is 25.8. The lowest BCUT2D eigenvalue weighted by atomic mass is 9.72. The molecule has 4 rings (SSSR count). The van der Waals surface area contributed by atoms with E-state index in [1.54, 1.807) is 29.2 Å². The molecule has 1 aliphatic rings. The van der Waals surface area contributed by atoms with Gasteiger partial charge in [0.1, 0.15) is 11.5 Å². The van der Waals surface area contributed by atoms with Crippen molar-refractivity contribution in [2.75, 3.05) is 25.0 Å². The first-order valence-electron chi connectivity index (χ1n) is 11.6. The van der Waals surface area contributed by atoms with Crippen molar-refractivity contribution in [2.24, 2.45) is 0 Å². The van der Waals surface area contributed by atoms with E-state index in [2.05, 4.69) is 5.32 Å². The first kappa shape index (κ1) is 24.0. The van der Waals surface area contributed by atoms with E-state index in [4.69, 9.17) is 9.47 Å². The van der Waals surface area contributed by atoms with E-state index >= 15 is 0 Å². The number of amides is 2. The first-order chi connectivity index (χ1) is 17.0. The largest absolute Gasteiger partial charge is 0.457 e. The minimum Gasteiger partial charge on any atom is -0.457 e. The fourth-order valence-corrected chi connectivity index (χ4v) is 4.30. The second-order valence-corrected chi connectivity index (χ2v) is 8.52. The number of carbonyl (C=O) groups is 3. The highest BCUT2D eigenvalue weighted by Gasteiger charge is 2.44. The standard InChI is InChI=1S/C28H28N2O5/c1-21(31)30-17-15-28(16-18-30,22-9-4-2-5-10-22)27(33)34-20-26(32)29-23-11-8-14-25(19-23)35-24-12-6-3-7-13-24/h2-14,19H,15-18,20H2,1H3,(H,29,32). The number of nitrogens with zero attached hydrogens (tertiary/aromatic N) is 1. The van der Waals surface area contributed by atoms with Crippen molar-refractivity contribution in [3.63, 3.8) is 0 Å². The van der Waals surface area contributed by atoms with E-state index in [9.17, 15) is 14.4 Å². The maximum absolute atomic E-state index is 13.3. The third-order valence-electron chi connectivity index (χ3n) is 6.21. The van der Waals surface area contributed by atoms with Crippen LogP contribution >= 0.6 is 0 Å². The van der Waals surface area contributed by atoms with Gasteiger partial charge in [0.15, 0.2) is 6.61 Å². The van der Waals surface area contributed by atoms with Crippen LogP contribution in [0.15, 0.2) is 84.9 Å². The molecule has 1 aliphatic heterocycles. The smallest absolute Gasteiger partial charge is 0.317 e. The van der Waals surface area contributed by atoms with Crippen LogP contribution in [0.25, 0.3) is 0 Å². The highest BCUT2D eigenvalue weighted by molar-refractivity contribution is 5.94. The van der Waals surface area contributed by atoms with Gasteiger partial charge in [-0.1, -0.05) is 54.6 Å². The molecule has 1 fully saturated rings. The van der Waals surface area contributed by atoms with Crippen molar-refractivity contribution in [1.82, 2.24) is 4.90 Å². The molecular formula is C28H28N2O5. The molecular weight excluding hydrogens is 444 g/mol. The van der Waals surface area contributed by atoms with Gasteiger partial charge in [-0.2, -0.15) is 0 Å². The number of hydrogen-bond donors (Lipinski definition) is 1. The van der Waals surface area contributed by atoms with Gasteiger partial charge in [-0.15, -0.1) is 0 Å². The van der Waals surface area contributed by atoms with Crippen LogP contribution in [0.1, 0.15) is 25.3 Å². The van der Waals surface area contributed by atoms with E-state index in [0.717, 1.165) is 5.56 Å². The third kappa shape index (κ3) is 5.87. The molecule has 0 bridgehead atoms. The van der Waals surface area contributed by atoms with Gasteiger partial charge in [-0.05, 0) is 42.7 Å². The lowest BCUT2D eigenvalue weighted by Crippen LogP contribution is -2.49. The van der Waals surface area contributed by atoms with Gasteiger partial charge in [0.25, 0.3) is 5.91 Å². The molecule has 0 aromatic heterocycles. The van der Waals surface area contributed by atoms with Gasteiger partial charge in [0.2, 0.25) is 5.91 Å². The number of nitrogens with one attached hydrogen (secondary N) is 1. The average molecular weight is 473 g/mol. The number of para-hydroxylation sites is 1. The Kier molecular flexibility index (Phi) is 7.45. The Hall–Kier alpha value is -4.13. The zero-order chi connectivity index (χ0) is 24.7. The Bertz CT molecular complexity index is 1170. The molecule has 3 aromatic carbocycles. The summed E-state index contributed by atoms with van der Waals surface area (Å²) in [6.07, 6.45) is 0.881. The van der Waals surface area contributed by atoms with Gasteiger partial charge in [0.05, 0.1) is 5.41 Å². The van der Waals surface area contributed by atoms with Crippen molar-refractivity contribution < 1.29 is 23.9 Å². The number of carbonyl (C=O) groups excluding carboxylic acids is 3. The third-order valence-corrected chi connectivity index (χ3v) is 6.21. The molecule has 0 spiro atoms. The van der Waals surface area contributed by atoms with Gasteiger partial charge in [0, 0.05) is 31.8 Å². The minimum atomic E-state index is -0.892. The lowest BCUT2D eigenvalue weighted by molar-refractivity contribution is -0.156. The second-order valence-electron chi connectivity index (χ2n) is 8.52. The molecule has 3 aromatic rings. The molecule has 0 atom stereocenters. The van der Waals surface area contributed by atoms with Crippen molar-refractivity contribution >= 4 is 23.5 Å². The zero-order valence-corrected chi connectivity index (χ0v) is 19.6. The average Bonchev–Trinajstić information content (AvgIpc) is 2.88. The minimum absolute atomic E-state index is 0.0159. The number of anilines is 1. The number of benzene rings is 3. The van der Waals surface area contributed by atoms with Gasteiger partial charge >= 0.3 is 5.97 Å². The topological polar surface area (TPSA) is 84.9 Å². The fraction of sp³-hybridized carbons (Fsp3) is 0.250. The van der Waals surface area contributed by atoms with Crippen LogP contribution in [0.3, 0.4) is 0 Å². The molecule has 0 radical (unpaired) electrons. The maximum Gasteiger partial charge on any atom is 0.317 e. The Morgan fingerprint density at radius 2 is 1.49 bits per heavy atom. The number of hydrogen-bond acceptors (Lipinski definition) is 5. The highest BCUT2D eigenvalue weighted by Crippen LogP contribution is 2.37. The van der Waals surface area contributed by atoms with Crippen molar-refractivity contribution in [3.8, 4) is 11.5 Å². The van der Waals surface area contributed by atoms with E-state index in [1.807, 2.05) is 60.7 Å². The summed E-state index contributed by atoms with van der Waals surface area (Å²) in [6.45, 7) is 2.03. The number of esters is 1. The predicted molar refractivity (Wildman–Crippen MR) is 132 cm³/mol. The Balaban J connectivity index is 1.39. The van der Waals surface area contributed by atoms with E-state index in [0.29, 0.717) is 43.1 Å².